The minimum Gasteiger partial charge on any atom is -0.285 e. The van der Waals surface area contributed by atoms with Gasteiger partial charge in [-0.25, -0.2) is 5.01 Å². The van der Waals surface area contributed by atoms with Gasteiger partial charge in [0.05, 0.1) is 11.9 Å². The van der Waals surface area contributed by atoms with E-state index < -0.39 is 0 Å². The van der Waals surface area contributed by atoms with Crippen molar-refractivity contribution in [2.75, 3.05) is 6.54 Å². The van der Waals surface area contributed by atoms with Gasteiger partial charge in [-0.15, -0.1) is 0 Å². The standard InChI is InChI=1S/C13H16N4O/c1-8(2)7-17-13(18)10-3-4-11-12(10)9(6-15-17)5-14-16-11/h5-6,8,14H,3-4,7H2,1-2H3. The van der Waals surface area contributed by atoms with E-state index in [2.05, 4.69) is 29.5 Å². The molecule has 0 fully saturated rings. The van der Waals surface area contributed by atoms with Crippen LogP contribution in [0.15, 0.2) is 33.1 Å². The Morgan fingerprint density at radius 2 is 2.28 bits per heavy atom. The molecular weight excluding hydrogens is 228 g/mol. The molecule has 0 aromatic rings. The summed E-state index contributed by atoms with van der Waals surface area (Å²) in [5, 5.41) is 10.1. The van der Waals surface area contributed by atoms with Gasteiger partial charge in [-0.05, 0) is 18.8 Å². The van der Waals surface area contributed by atoms with Crippen LogP contribution < -0.4 is 5.43 Å². The molecular formula is C13H16N4O. The van der Waals surface area contributed by atoms with Crippen molar-refractivity contribution in [1.82, 2.24) is 10.4 Å². The van der Waals surface area contributed by atoms with Crippen LogP contribution in [0.5, 0.6) is 0 Å². The number of carbonyl (C=O) groups excluding carboxylic acids is 1. The van der Waals surface area contributed by atoms with Crippen molar-refractivity contribution in [3.63, 3.8) is 0 Å². The number of hydrazone groups is 2. The van der Waals surface area contributed by atoms with E-state index in [0.29, 0.717) is 12.5 Å². The molecule has 0 spiro atoms. The van der Waals surface area contributed by atoms with E-state index in [0.717, 1.165) is 35.3 Å². The third kappa shape index (κ3) is 1.66. The molecule has 5 nitrogen and oxygen atoms in total. The summed E-state index contributed by atoms with van der Waals surface area (Å²) in [5.74, 6) is 0.434. The van der Waals surface area contributed by atoms with Gasteiger partial charge in [0.25, 0.3) is 5.91 Å². The van der Waals surface area contributed by atoms with Gasteiger partial charge in [0.15, 0.2) is 0 Å². The number of hydrogen-bond donors (Lipinski definition) is 1. The number of hydrogen-bond acceptors (Lipinski definition) is 4. The van der Waals surface area contributed by atoms with Crippen LogP contribution in [0.1, 0.15) is 26.7 Å². The molecule has 0 unspecified atom stereocenters. The van der Waals surface area contributed by atoms with Crippen molar-refractivity contribution in [3.05, 3.63) is 22.9 Å². The first-order chi connectivity index (χ1) is 8.66. The smallest absolute Gasteiger partial charge is 0.270 e. The molecule has 1 amide bonds. The van der Waals surface area contributed by atoms with Crippen molar-refractivity contribution in [3.8, 4) is 0 Å². The zero-order valence-corrected chi connectivity index (χ0v) is 10.6. The quantitative estimate of drug-likeness (QED) is 0.798. The second kappa shape index (κ2) is 4.08. The van der Waals surface area contributed by atoms with E-state index in [1.165, 1.54) is 0 Å². The second-order valence-electron chi connectivity index (χ2n) is 5.17. The summed E-state index contributed by atoms with van der Waals surface area (Å²) in [5.41, 5.74) is 6.68. The highest BCUT2D eigenvalue weighted by molar-refractivity contribution is 6.19. The SMILES string of the molecule is CC(C)CN1N=CC2=CNN=C3CCC(=C23)C1=O. The van der Waals surface area contributed by atoms with Crippen molar-refractivity contribution < 1.29 is 4.79 Å². The summed E-state index contributed by atoms with van der Waals surface area (Å²) in [6, 6.07) is 0. The summed E-state index contributed by atoms with van der Waals surface area (Å²) in [4.78, 5) is 12.4. The summed E-state index contributed by atoms with van der Waals surface area (Å²) >= 11 is 0. The van der Waals surface area contributed by atoms with E-state index in [9.17, 15) is 4.79 Å². The van der Waals surface area contributed by atoms with E-state index in [1.54, 1.807) is 17.4 Å². The molecule has 2 heterocycles. The van der Waals surface area contributed by atoms with Gasteiger partial charge in [0.2, 0.25) is 0 Å². The molecule has 3 rings (SSSR count). The Kier molecular flexibility index (Phi) is 2.54. The van der Waals surface area contributed by atoms with Crippen molar-refractivity contribution in [2.24, 2.45) is 16.1 Å². The lowest BCUT2D eigenvalue weighted by Gasteiger charge is -2.18. The van der Waals surface area contributed by atoms with Gasteiger partial charge < -0.3 is 0 Å². The van der Waals surface area contributed by atoms with E-state index in [1.807, 2.05) is 0 Å². The van der Waals surface area contributed by atoms with Crippen LogP contribution in [0.3, 0.4) is 0 Å². The van der Waals surface area contributed by atoms with Crippen molar-refractivity contribution in [1.29, 1.82) is 0 Å². The highest BCUT2D eigenvalue weighted by Gasteiger charge is 2.34. The molecule has 5 heteroatoms. The monoisotopic (exact) mass is 244 g/mol. The normalized spacial score (nSPS) is 21.7. The maximum Gasteiger partial charge on any atom is 0.270 e. The Balaban J connectivity index is 2.03. The molecule has 2 aliphatic heterocycles. The molecule has 1 N–H and O–H groups in total. The van der Waals surface area contributed by atoms with E-state index in [-0.39, 0.29) is 5.91 Å². The van der Waals surface area contributed by atoms with Gasteiger partial charge in [0, 0.05) is 29.5 Å². The molecule has 1 aliphatic carbocycles. The minimum atomic E-state index is 0.0328. The van der Waals surface area contributed by atoms with Crippen molar-refractivity contribution in [2.45, 2.75) is 26.7 Å². The first-order valence-corrected chi connectivity index (χ1v) is 6.29. The third-order valence-electron chi connectivity index (χ3n) is 3.28. The van der Waals surface area contributed by atoms with E-state index >= 15 is 0 Å². The lowest BCUT2D eigenvalue weighted by molar-refractivity contribution is -0.127. The van der Waals surface area contributed by atoms with Crippen LogP contribution in [-0.4, -0.2) is 29.4 Å². The molecule has 0 radical (unpaired) electrons. The first-order valence-electron chi connectivity index (χ1n) is 6.29. The highest BCUT2D eigenvalue weighted by atomic mass is 16.2. The highest BCUT2D eigenvalue weighted by Crippen LogP contribution is 2.33. The average Bonchev–Trinajstić information content (AvgIpc) is 2.72. The third-order valence-corrected chi connectivity index (χ3v) is 3.28. The molecule has 0 saturated heterocycles. The van der Waals surface area contributed by atoms with Gasteiger partial charge in [-0.3, -0.25) is 10.2 Å². The summed E-state index contributed by atoms with van der Waals surface area (Å²) < 4.78 is 0. The van der Waals surface area contributed by atoms with Crippen molar-refractivity contribution >= 4 is 17.8 Å². The topological polar surface area (TPSA) is 57.1 Å². The molecule has 0 bridgehead atoms. The Morgan fingerprint density at radius 3 is 3.06 bits per heavy atom. The Bertz CT molecular complexity index is 525. The largest absolute Gasteiger partial charge is 0.285 e. The number of carbonyl (C=O) groups is 1. The average molecular weight is 244 g/mol. The molecule has 3 aliphatic rings. The van der Waals surface area contributed by atoms with Crippen LogP contribution in [-0.2, 0) is 4.79 Å². The molecule has 0 aromatic carbocycles. The van der Waals surface area contributed by atoms with Crippen LogP contribution in [0.2, 0.25) is 0 Å². The Morgan fingerprint density at radius 1 is 1.44 bits per heavy atom. The Labute approximate surface area is 106 Å². The number of nitrogens with zero attached hydrogens (tertiary/aromatic N) is 3. The van der Waals surface area contributed by atoms with Gasteiger partial charge >= 0.3 is 0 Å². The molecule has 94 valence electrons. The van der Waals surface area contributed by atoms with Crippen LogP contribution >= 0.6 is 0 Å². The van der Waals surface area contributed by atoms with Crippen LogP contribution in [0, 0.1) is 5.92 Å². The zero-order chi connectivity index (χ0) is 12.7. The van der Waals surface area contributed by atoms with Gasteiger partial charge in [-0.2, -0.15) is 10.2 Å². The first kappa shape index (κ1) is 11.2. The number of amides is 1. The summed E-state index contributed by atoms with van der Waals surface area (Å²) in [6.45, 7) is 4.82. The minimum absolute atomic E-state index is 0.0328. The summed E-state index contributed by atoms with van der Waals surface area (Å²) in [6.07, 6.45) is 5.17. The summed E-state index contributed by atoms with van der Waals surface area (Å²) in [7, 11) is 0. The number of nitrogens with one attached hydrogen (secondary N) is 1. The predicted octanol–water partition coefficient (Wildman–Crippen LogP) is 1.40. The second-order valence-corrected chi connectivity index (χ2v) is 5.17. The molecule has 0 aromatic heterocycles. The fourth-order valence-corrected chi connectivity index (χ4v) is 2.50. The predicted molar refractivity (Wildman–Crippen MR) is 70.0 cm³/mol. The maximum absolute atomic E-state index is 12.4. The fraction of sp³-hybridized carbons (Fsp3) is 0.462. The maximum atomic E-state index is 12.4. The molecule has 18 heavy (non-hydrogen) atoms. The lowest BCUT2D eigenvalue weighted by atomic mass is 10.0. The van der Waals surface area contributed by atoms with Gasteiger partial charge in [0.1, 0.15) is 0 Å². The number of rotatable bonds is 2. The van der Waals surface area contributed by atoms with E-state index in [4.69, 9.17) is 0 Å². The molecule has 0 atom stereocenters. The lowest BCUT2D eigenvalue weighted by Crippen LogP contribution is -2.30. The number of allylic oxidation sites excluding steroid dienone is 2. The Hall–Kier alpha value is -1.91. The fourth-order valence-electron chi connectivity index (χ4n) is 2.50. The molecule has 0 saturated carbocycles. The van der Waals surface area contributed by atoms with Crippen LogP contribution in [0.25, 0.3) is 0 Å². The van der Waals surface area contributed by atoms with Gasteiger partial charge in [-0.1, -0.05) is 13.8 Å². The zero-order valence-electron chi connectivity index (χ0n) is 10.6. The van der Waals surface area contributed by atoms with Crippen LogP contribution in [0.4, 0.5) is 0 Å².